The van der Waals surface area contributed by atoms with Gasteiger partial charge in [-0.3, -0.25) is 24.5 Å². The van der Waals surface area contributed by atoms with Crippen molar-refractivity contribution in [2.24, 2.45) is 0 Å². The van der Waals surface area contributed by atoms with Crippen molar-refractivity contribution in [3.8, 4) is 22.8 Å². The number of methoxy groups -OCH3 is 2. The number of ether oxygens (including phenoxy) is 2. The van der Waals surface area contributed by atoms with E-state index in [-0.39, 0.29) is 17.3 Å². The third-order valence-corrected chi connectivity index (χ3v) is 9.01. The van der Waals surface area contributed by atoms with Gasteiger partial charge in [-0.05, 0) is 55.5 Å². The first kappa shape index (κ1) is 35.3. The molecule has 1 atom stereocenters. The topological polar surface area (TPSA) is 162 Å². The average Bonchev–Trinajstić information content (AvgIpc) is 3.60. The lowest BCUT2D eigenvalue weighted by Gasteiger charge is -2.14. The van der Waals surface area contributed by atoms with Crippen molar-refractivity contribution in [2.75, 3.05) is 24.9 Å². The normalized spacial score (nSPS) is 11.6. The number of carbonyl (C=O) groups excluding carboxylic acids is 3. The molecule has 3 N–H and O–H groups in total. The lowest BCUT2D eigenvalue weighted by atomic mass is 10.1. The van der Waals surface area contributed by atoms with Gasteiger partial charge in [-0.2, -0.15) is 0 Å². The highest BCUT2D eigenvalue weighted by molar-refractivity contribution is 8.00. The molecule has 0 saturated heterocycles. The highest BCUT2D eigenvalue weighted by Gasteiger charge is 2.19. The molecule has 0 aliphatic heterocycles. The van der Waals surface area contributed by atoms with Crippen LogP contribution in [0.2, 0.25) is 0 Å². The summed E-state index contributed by atoms with van der Waals surface area (Å²) in [6.45, 7) is 1.75. The fourth-order valence-electron chi connectivity index (χ4n) is 4.65. The van der Waals surface area contributed by atoms with Gasteiger partial charge in [-0.25, -0.2) is 4.98 Å². The molecule has 50 heavy (non-hydrogen) atoms. The molecule has 1 aromatic heterocycles. The summed E-state index contributed by atoms with van der Waals surface area (Å²) in [4.78, 5) is 55.4. The molecule has 4 aromatic carbocycles. The van der Waals surface area contributed by atoms with Crippen molar-refractivity contribution in [1.29, 1.82) is 0 Å². The predicted molar refractivity (Wildman–Crippen MR) is 195 cm³/mol. The summed E-state index contributed by atoms with van der Waals surface area (Å²) in [6, 6.07) is 26.8. The number of nitro groups is 1. The second-order valence-corrected chi connectivity index (χ2v) is 12.8. The Hall–Kier alpha value is -5.99. The van der Waals surface area contributed by atoms with Crippen LogP contribution in [0.25, 0.3) is 17.3 Å². The van der Waals surface area contributed by atoms with E-state index in [1.807, 2.05) is 0 Å². The van der Waals surface area contributed by atoms with E-state index in [0.717, 1.165) is 4.90 Å². The molecule has 5 rings (SSSR count). The number of hydrogen-bond acceptors (Lipinski definition) is 10. The molecule has 3 amide bonds. The summed E-state index contributed by atoms with van der Waals surface area (Å²) in [5.41, 5.74) is 2.38. The van der Waals surface area contributed by atoms with Crippen molar-refractivity contribution in [2.45, 2.75) is 17.1 Å². The van der Waals surface area contributed by atoms with Gasteiger partial charge in [0.05, 0.1) is 30.1 Å². The summed E-state index contributed by atoms with van der Waals surface area (Å²) in [6.07, 6.45) is 1.51. The number of thioether (sulfide) groups is 1. The van der Waals surface area contributed by atoms with Gasteiger partial charge >= 0.3 is 0 Å². The lowest BCUT2D eigenvalue weighted by molar-refractivity contribution is -0.384. The van der Waals surface area contributed by atoms with Gasteiger partial charge in [-0.15, -0.1) is 23.1 Å². The van der Waals surface area contributed by atoms with Crippen LogP contribution in [0.15, 0.2) is 113 Å². The smallest absolute Gasteiger partial charge is 0.272 e. The van der Waals surface area contributed by atoms with Gasteiger partial charge in [0.15, 0.2) is 16.6 Å². The van der Waals surface area contributed by atoms with Gasteiger partial charge in [0.25, 0.3) is 17.5 Å². The molecular weight excluding hydrogens is 679 g/mol. The number of carbonyl (C=O) groups is 3. The minimum atomic E-state index is -0.569. The van der Waals surface area contributed by atoms with Crippen LogP contribution >= 0.6 is 23.1 Å². The molecule has 254 valence electrons. The summed E-state index contributed by atoms with van der Waals surface area (Å²) >= 11 is 2.53. The van der Waals surface area contributed by atoms with Crippen LogP contribution in [0.1, 0.15) is 22.8 Å². The molecular formula is C36H31N5O7S2. The number of thiazole rings is 1. The molecule has 0 fully saturated rings. The Balaban J connectivity index is 1.25. The molecule has 0 aliphatic rings. The van der Waals surface area contributed by atoms with E-state index in [1.165, 1.54) is 55.5 Å². The van der Waals surface area contributed by atoms with Crippen molar-refractivity contribution >= 4 is 63.4 Å². The minimum Gasteiger partial charge on any atom is -0.493 e. The zero-order chi connectivity index (χ0) is 35.6. The molecule has 0 spiro atoms. The fourth-order valence-corrected chi connectivity index (χ4v) is 6.24. The number of non-ortho nitro benzene ring substituents is 1. The van der Waals surface area contributed by atoms with Gasteiger partial charge in [0.1, 0.15) is 5.70 Å². The van der Waals surface area contributed by atoms with E-state index < -0.39 is 22.0 Å². The molecule has 12 nitrogen and oxygen atoms in total. The van der Waals surface area contributed by atoms with Crippen molar-refractivity contribution in [3.05, 3.63) is 129 Å². The standard InChI is InChI=1S/C36H31N5O7S2/c1-22(33(42)40-36-39-30(21-49-36)24-11-7-13-27(19-24)41(45)46)50-28-17-15-26(16-18-28)37-35(44)29(38-34(43)23-9-5-4-6-10-23)20-25-12-8-14-31(47-2)32(25)48-3/h4-22H,1-3H3,(H,37,44)(H,38,43)(H,39,40,42)/b29-20-. The minimum absolute atomic E-state index is 0.0232. The van der Waals surface area contributed by atoms with E-state index in [9.17, 15) is 24.5 Å². The highest BCUT2D eigenvalue weighted by atomic mass is 32.2. The summed E-state index contributed by atoms with van der Waals surface area (Å²) in [7, 11) is 2.99. The molecule has 0 saturated carbocycles. The summed E-state index contributed by atoms with van der Waals surface area (Å²) in [5, 5.41) is 21.0. The number of nitrogens with one attached hydrogen (secondary N) is 3. The number of rotatable bonds is 13. The Morgan fingerprint density at radius 1 is 0.920 bits per heavy atom. The number of nitrogens with zero attached hydrogens (tertiary/aromatic N) is 2. The summed E-state index contributed by atoms with van der Waals surface area (Å²) in [5.74, 6) is -0.454. The molecule has 0 radical (unpaired) electrons. The zero-order valence-electron chi connectivity index (χ0n) is 27.0. The quantitative estimate of drug-likeness (QED) is 0.0494. The van der Waals surface area contributed by atoms with E-state index in [4.69, 9.17) is 9.47 Å². The monoisotopic (exact) mass is 709 g/mol. The third-order valence-electron chi connectivity index (χ3n) is 7.14. The Morgan fingerprint density at radius 3 is 2.36 bits per heavy atom. The SMILES string of the molecule is COc1cccc(/C=C(\NC(=O)c2ccccc2)C(=O)Nc2ccc(SC(C)C(=O)Nc3nc(-c4cccc([N+](=O)[O-])c4)cs3)cc2)c1OC. The molecule has 14 heteroatoms. The fraction of sp³-hybridized carbons (Fsp3) is 0.111. The lowest BCUT2D eigenvalue weighted by Crippen LogP contribution is -2.30. The highest BCUT2D eigenvalue weighted by Crippen LogP contribution is 2.33. The van der Waals surface area contributed by atoms with E-state index >= 15 is 0 Å². The van der Waals surface area contributed by atoms with Gasteiger partial charge in [0.2, 0.25) is 5.91 Å². The van der Waals surface area contributed by atoms with Crippen molar-refractivity contribution in [1.82, 2.24) is 10.3 Å². The third kappa shape index (κ3) is 8.92. The van der Waals surface area contributed by atoms with E-state index in [0.29, 0.717) is 44.7 Å². The zero-order valence-corrected chi connectivity index (χ0v) is 28.7. The van der Waals surface area contributed by atoms with E-state index in [2.05, 4.69) is 20.9 Å². The van der Waals surface area contributed by atoms with E-state index in [1.54, 1.807) is 97.2 Å². The molecule has 1 unspecified atom stereocenters. The van der Waals surface area contributed by atoms with Crippen molar-refractivity contribution in [3.63, 3.8) is 0 Å². The maximum Gasteiger partial charge on any atom is 0.272 e. The summed E-state index contributed by atoms with van der Waals surface area (Å²) < 4.78 is 10.9. The number of aromatic nitrogens is 1. The first-order valence-corrected chi connectivity index (χ1v) is 16.8. The van der Waals surface area contributed by atoms with Crippen LogP contribution in [0.3, 0.4) is 0 Å². The van der Waals surface area contributed by atoms with Crippen LogP contribution in [0.5, 0.6) is 11.5 Å². The predicted octanol–water partition coefficient (Wildman–Crippen LogP) is 7.26. The van der Waals surface area contributed by atoms with Gasteiger partial charge in [0, 0.05) is 44.8 Å². The van der Waals surface area contributed by atoms with Gasteiger partial charge < -0.3 is 25.4 Å². The first-order chi connectivity index (χ1) is 24.1. The van der Waals surface area contributed by atoms with Crippen LogP contribution < -0.4 is 25.4 Å². The number of anilines is 2. The van der Waals surface area contributed by atoms with Crippen LogP contribution in [-0.2, 0) is 9.59 Å². The van der Waals surface area contributed by atoms with Crippen LogP contribution in [-0.4, -0.2) is 47.1 Å². The number of amides is 3. The maximum absolute atomic E-state index is 13.5. The Morgan fingerprint density at radius 2 is 1.66 bits per heavy atom. The molecule has 1 heterocycles. The number of hydrogen-bond donors (Lipinski definition) is 3. The maximum atomic E-state index is 13.5. The Labute approximate surface area is 295 Å². The second kappa shape index (κ2) is 16.4. The second-order valence-electron chi connectivity index (χ2n) is 10.5. The average molecular weight is 710 g/mol. The largest absolute Gasteiger partial charge is 0.493 e. The van der Waals surface area contributed by atoms with Crippen molar-refractivity contribution < 1.29 is 28.8 Å². The molecule has 5 aromatic rings. The Bertz CT molecular complexity index is 2050. The molecule has 0 aliphatic carbocycles. The van der Waals surface area contributed by atoms with Gasteiger partial charge in [-0.1, -0.05) is 42.5 Å². The first-order valence-electron chi connectivity index (χ1n) is 15.0. The number of para-hydroxylation sites is 1. The number of nitro benzene ring substituents is 1. The van der Waals surface area contributed by atoms with Crippen LogP contribution in [0, 0.1) is 10.1 Å². The Kier molecular flexibility index (Phi) is 11.6. The van der Waals surface area contributed by atoms with Crippen LogP contribution in [0.4, 0.5) is 16.5 Å². The molecule has 0 bridgehead atoms. The number of benzene rings is 4.